The lowest BCUT2D eigenvalue weighted by atomic mass is 9.82. The summed E-state index contributed by atoms with van der Waals surface area (Å²) in [6.07, 6.45) is 8.90. The summed E-state index contributed by atoms with van der Waals surface area (Å²) in [6, 6.07) is 4.20. The highest BCUT2D eigenvalue weighted by molar-refractivity contribution is 7.98. The van der Waals surface area contributed by atoms with Gasteiger partial charge in [-0.3, -0.25) is 4.79 Å². The highest BCUT2D eigenvalue weighted by Gasteiger charge is 2.28. The van der Waals surface area contributed by atoms with Crippen LogP contribution >= 0.6 is 23.1 Å². The van der Waals surface area contributed by atoms with Crippen molar-refractivity contribution in [2.24, 2.45) is 5.92 Å². The number of carbonyl (C=O) groups excluding carboxylic acids is 1. The number of rotatable bonds is 4. The molecule has 0 fully saturated rings. The number of thioether (sulfide) groups is 1. The van der Waals surface area contributed by atoms with Gasteiger partial charge < -0.3 is 4.57 Å². The average Bonchev–Trinajstić information content (AvgIpc) is 3.26. The van der Waals surface area contributed by atoms with E-state index < -0.39 is 0 Å². The maximum absolute atomic E-state index is 12.8. The van der Waals surface area contributed by atoms with Crippen molar-refractivity contribution >= 4 is 28.9 Å². The van der Waals surface area contributed by atoms with E-state index in [1.807, 2.05) is 22.3 Å². The molecule has 0 saturated carbocycles. The summed E-state index contributed by atoms with van der Waals surface area (Å²) in [7, 11) is 0. The first-order valence-electron chi connectivity index (χ1n) is 7.90. The number of fused-ring (bicyclic) bond motifs is 1. The third kappa shape index (κ3) is 2.91. The molecule has 24 heavy (non-hydrogen) atoms. The first-order valence-corrected chi connectivity index (χ1v) is 9.76. The Bertz CT molecular complexity index is 857. The first kappa shape index (κ1) is 15.6. The van der Waals surface area contributed by atoms with Gasteiger partial charge in [0.2, 0.25) is 0 Å². The third-order valence-corrected chi connectivity index (χ3v) is 6.12. The predicted molar refractivity (Wildman–Crippen MR) is 97.4 cm³/mol. The van der Waals surface area contributed by atoms with E-state index in [0.717, 1.165) is 33.3 Å². The molecular weight excluding hydrogens is 338 g/mol. The number of hydrogen-bond donors (Lipinski definition) is 0. The zero-order chi connectivity index (χ0) is 16.5. The van der Waals surface area contributed by atoms with Gasteiger partial charge in [0, 0.05) is 46.4 Å². The van der Waals surface area contributed by atoms with E-state index in [2.05, 4.69) is 29.0 Å². The number of thiazole rings is 1. The standard InChI is InChI=1S/C18H17N3OS2/c1-12-8-14-13(18-20-5-7-23-18)2-3-16(17(14)15(22)9-12)24-11-21-6-4-19-10-21/h2-7,10,12H,8-9,11H2,1H3. The van der Waals surface area contributed by atoms with Crippen LogP contribution in [0.25, 0.3) is 10.6 Å². The van der Waals surface area contributed by atoms with Gasteiger partial charge in [-0.05, 0) is 24.0 Å². The Kier molecular flexibility index (Phi) is 4.24. The van der Waals surface area contributed by atoms with E-state index in [0.29, 0.717) is 12.3 Å². The number of ketones is 1. The molecule has 0 radical (unpaired) electrons. The predicted octanol–water partition coefficient (Wildman–Crippen LogP) is 4.52. The normalized spacial score (nSPS) is 17.0. The number of nitrogens with zero attached hydrogens (tertiary/aromatic N) is 3. The summed E-state index contributed by atoms with van der Waals surface area (Å²) >= 11 is 3.32. The number of benzene rings is 1. The van der Waals surface area contributed by atoms with Crippen molar-refractivity contribution in [1.82, 2.24) is 14.5 Å². The molecule has 1 aliphatic rings. The molecule has 122 valence electrons. The van der Waals surface area contributed by atoms with Crippen LogP contribution in [0.2, 0.25) is 0 Å². The maximum atomic E-state index is 12.8. The number of aromatic nitrogens is 3. The van der Waals surface area contributed by atoms with Crippen molar-refractivity contribution in [3.63, 3.8) is 0 Å². The summed E-state index contributed by atoms with van der Waals surface area (Å²) in [4.78, 5) is 22.3. The van der Waals surface area contributed by atoms with E-state index in [1.54, 1.807) is 35.6 Å². The maximum Gasteiger partial charge on any atom is 0.164 e. The fourth-order valence-corrected chi connectivity index (χ4v) is 4.84. The van der Waals surface area contributed by atoms with Gasteiger partial charge in [0.05, 0.1) is 12.2 Å². The van der Waals surface area contributed by atoms with Crippen molar-refractivity contribution in [1.29, 1.82) is 0 Å². The molecule has 4 nitrogen and oxygen atoms in total. The van der Waals surface area contributed by atoms with Crippen LogP contribution in [0.4, 0.5) is 0 Å². The molecule has 1 atom stereocenters. The molecule has 4 rings (SSSR count). The molecule has 0 saturated heterocycles. The fourth-order valence-electron chi connectivity index (χ4n) is 3.17. The lowest BCUT2D eigenvalue weighted by Gasteiger charge is -2.25. The van der Waals surface area contributed by atoms with Crippen LogP contribution in [0.5, 0.6) is 0 Å². The van der Waals surface area contributed by atoms with Crippen LogP contribution in [-0.2, 0) is 12.3 Å². The van der Waals surface area contributed by atoms with E-state index in [-0.39, 0.29) is 5.78 Å². The average molecular weight is 355 g/mol. The van der Waals surface area contributed by atoms with Gasteiger partial charge in [0.15, 0.2) is 5.78 Å². The highest BCUT2D eigenvalue weighted by atomic mass is 32.2. The lowest BCUT2D eigenvalue weighted by molar-refractivity contribution is 0.0950. The van der Waals surface area contributed by atoms with Crippen molar-refractivity contribution in [3.8, 4) is 10.6 Å². The second-order valence-corrected chi connectivity index (χ2v) is 7.97. The largest absolute Gasteiger partial charge is 0.327 e. The summed E-state index contributed by atoms with van der Waals surface area (Å²) < 4.78 is 2.02. The van der Waals surface area contributed by atoms with E-state index in [1.165, 1.54) is 5.56 Å². The van der Waals surface area contributed by atoms with E-state index in [9.17, 15) is 4.79 Å². The molecule has 0 aliphatic heterocycles. The van der Waals surface area contributed by atoms with Gasteiger partial charge in [-0.2, -0.15) is 0 Å². The van der Waals surface area contributed by atoms with Crippen molar-refractivity contribution in [3.05, 3.63) is 53.6 Å². The Hall–Kier alpha value is -1.92. The molecule has 0 bridgehead atoms. The molecular formula is C18H17N3OS2. The summed E-state index contributed by atoms with van der Waals surface area (Å²) in [5.74, 6) is 1.40. The van der Waals surface area contributed by atoms with Crippen molar-refractivity contribution in [2.45, 2.75) is 30.5 Å². The molecule has 2 heterocycles. The van der Waals surface area contributed by atoms with Crippen LogP contribution in [0.3, 0.4) is 0 Å². The minimum Gasteiger partial charge on any atom is -0.327 e. The Morgan fingerprint density at radius 2 is 2.25 bits per heavy atom. The van der Waals surface area contributed by atoms with Crippen LogP contribution < -0.4 is 0 Å². The number of hydrogen-bond acceptors (Lipinski definition) is 5. The summed E-state index contributed by atoms with van der Waals surface area (Å²) in [5.41, 5.74) is 3.20. The monoisotopic (exact) mass is 355 g/mol. The Morgan fingerprint density at radius 3 is 3.00 bits per heavy atom. The van der Waals surface area contributed by atoms with Crippen molar-refractivity contribution in [2.75, 3.05) is 0 Å². The Labute approximate surface area is 149 Å². The SMILES string of the molecule is CC1CC(=O)c2c(SCn3ccnc3)ccc(-c3nccs3)c2C1. The highest BCUT2D eigenvalue weighted by Crippen LogP contribution is 2.39. The Morgan fingerprint density at radius 1 is 1.33 bits per heavy atom. The van der Waals surface area contributed by atoms with Crippen molar-refractivity contribution < 1.29 is 4.79 Å². The summed E-state index contributed by atoms with van der Waals surface area (Å²) in [5, 5.41) is 2.98. The molecule has 0 N–H and O–H groups in total. The lowest BCUT2D eigenvalue weighted by Crippen LogP contribution is -2.20. The molecule has 0 spiro atoms. The summed E-state index contributed by atoms with van der Waals surface area (Å²) in [6.45, 7) is 2.15. The number of Topliss-reactive ketones (excluding diaryl/α,β-unsaturated/α-hetero) is 1. The second-order valence-electron chi connectivity index (χ2n) is 6.09. The minimum absolute atomic E-state index is 0.260. The van der Waals surface area contributed by atoms with E-state index in [4.69, 9.17) is 0 Å². The van der Waals surface area contributed by atoms with Gasteiger partial charge in [0.1, 0.15) is 5.01 Å². The van der Waals surface area contributed by atoms with E-state index >= 15 is 0 Å². The topological polar surface area (TPSA) is 47.8 Å². The zero-order valence-electron chi connectivity index (χ0n) is 13.3. The first-order chi connectivity index (χ1) is 11.7. The van der Waals surface area contributed by atoms with Crippen LogP contribution in [0.1, 0.15) is 29.3 Å². The molecule has 1 unspecified atom stereocenters. The molecule has 0 amide bonds. The van der Waals surface area contributed by atoms with Crippen LogP contribution in [0.15, 0.2) is 47.3 Å². The van der Waals surface area contributed by atoms with Gasteiger partial charge in [-0.15, -0.1) is 23.1 Å². The molecule has 1 aliphatic carbocycles. The second kappa shape index (κ2) is 6.53. The molecule has 1 aromatic carbocycles. The van der Waals surface area contributed by atoms with Gasteiger partial charge in [-0.1, -0.05) is 13.0 Å². The van der Waals surface area contributed by atoms with Crippen LogP contribution in [0, 0.1) is 5.92 Å². The van der Waals surface area contributed by atoms with Gasteiger partial charge >= 0.3 is 0 Å². The smallest absolute Gasteiger partial charge is 0.164 e. The quantitative estimate of drug-likeness (QED) is 0.646. The molecule has 6 heteroatoms. The van der Waals surface area contributed by atoms with Crippen LogP contribution in [-0.4, -0.2) is 20.3 Å². The molecule has 3 aromatic rings. The number of carbonyl (C=O) groups is 1. The molecule has 2 aromatic heterocycles. The zero-order valence-corrected chi connectivity index (χ0v) is 14.9. The van der Waals surface area contributed by atoms with Gasteiger partial charge in [0.25, 0.3) is 0 Å². The Balaban J connectivity index is 1.75. The minimum atomic E-state index is 0.260. The van der Waals surface area contributed by atoms with Gasteiger partial charge in [-0.25, -0.2) is 9.97 Å². The fraction of sp³-hybridized carbons (Fsp3) is 0.278. The number of imidazole rings is 1. The third-order valence-electron chi connectivity index (χ3n) is 4.23.